The van der Waals surface area contributed by atoms with E-state index >= 15 is 0 Å². The van der Waals surface area contributed by atoms with E-state index in [1.54, 1.807) is 18.4 Å². The standard InChI is InChI=1S/C15H18N2O2S/c1-18-13-4-6-14(7-5-13)19-9-12-10-20-15(17-12)8-16-11-2-3-11/h4-7,10-11,16H,2-3,8-9H2,1H3. The van der Waals surface area contributed by atoms with Gasteiger partial charge in [-0.05, 0) is 37.1 Å². The minimum atomic E-state index is 0.506. The largest absolute Gasteiger partial charge is 0.497 e. The smallest absolute Gasteiger partial charge is 0.131 e. The first kappa shape index (κ1) is 13.4. The van der Waals surface area contributed by atoms with Gasteiger partial charge in [-0.3, -0.25) is 0 Å². The maximum Gasteiger partial charge on any atom is 0.131 e. The van der Waals surface area contributed by atoms with Crippen molar-refractivity contribution in [3.8, 4) is 11.5 Å². The van der Waals surface area contributed by atoms with E-state index < -0.39 is 0 Å². The lowest BCUT2D eigenvalue weighted by molar-refractivity contribution is 0.301. The minimum absolute atomic E-state index is 0.506. The molecule has 0 atom stereocenters. The zero-order chi connectivity index (χ0) is 13.8. The summed E-state index contributed by atoms with van der Waals surface area (Å²) in [6.45, 7) is 1.38. The molecule has 5 heteroatoms. The van der Waals surface area contributed by atoms with Gasteiger partial charge >= 0.3 is 0 Å². The third-order valence-electron chi connectivity index (χ3n) is 3.16. The van der Waals surface area contributed by atoms with Crippen molar-refractivity contribution < 1.29 is 9.47 Å². The van der Waals surface area contributed by atoms with Crippen LogP contribution in [0, 0.1) is 0 Å². The fourth-order valence-electron chi connectivity index (χ4n) is 1.84. The molecule has 0 spiro atoms. The lowest BCUT2D eigenvalue weighted by atomic mass is 10.3. The van der Waals surface area contributed by atoms with E-state index in [1.165, 1.54) is 12.8 Å². The van der Waals surface area contributed by atoms with E-state index in [0.717, 1.165) is 34.8 Å². The summed E-state index contributed by atoms with van der Waals surface area (Å²) in [5, 5.41) is 6.66. The Balaban J connectivity index is 1.49. The SMILES string of the molecule is COc1ccc(OCc2csc(CNC3CC3)n2)cc1. The summed E-state index contributed by atoms with van der Waals surface area (Å²) in [5.74, 6) is 1.66. The van der Waals surface area contributed by atoms with Crippen LogP contribution in [0.2, 0.25) is 0 Å². The van der Waals surface area contributed by atoms with Crippen LogP contribution in [-0.2, 0) is 13.2 Å². The zero-order valence-corrected chi connectivity index (χ0v) is 12.3. The van der Waals surface area contributed by atoms with Gasteiger partial charge in [-0.2, -0.15) is 0 Å². The molecule has 2 aromatic rings. The monoisotopic (exact) mass is 290 g/mol. The van der Waals surface area contributed by atoms with Gasteiger partial charge in [0, 0.05) is 18.0 Å². The number of rotatable bonds is 7. The van der Waals surface area contributed by atoms with Crippen LogP contribution in [-0.4, -0.2) is 18.1 Å². The van der Waals surface area contributed by atoms with Gasteiger partial charge in [0.2, 0.25) is 0 Å². The maximum absolute atomic E-state index is 5.71. The molecule has 1 aromatic heterocycles. The van der Waals surface area contributed by atoms with Crippen LogP contribution in [0.4, 0.5) is 0 Å². The van der Waals surface area contributed by atoms with Crippen molar-refractivity contribution in [2.75, 3.05) is 7.11 Å². The van der Waals surface area contributed by atoms with Crippen molar-refractivity contribution >= 4 is 11.3 Å². The van der Waals surface area contributed by atoms with Crippen LogP contribution < -0.4 is 14.8 Å². The van der Waals surface area contributed by atoms with Gasteiger partial charge in [-0.25, -0.2) is 4.98 Å². The summed E-state index contributed by atoms with van der Waals surface area (Å²) in [6, 6.07) is 8.31. The molecule has 20 heavy (non-hydrogen) atoms. The quantitative estimate of drug-likeness (QED) is 0.851. The van der Waals surface area contributed by atoms with Gasteiger partial charge in [-0.15, -0.1) is 11.3 Å². The Morgan fingerprint density at radius 3 is 2.70 bits per heavy atom. The van der Waals surface area contributed by atoms with Crippen LogP contribution in [0.5, 0.6) is 11.5 Å². The van der Waals surface area contributed by atoms with Crippen molar-refractivity contribution in [1.82, 2.24) is 10.3 Å². The molecule has 3 rings (SSSR count). The highest BCUT2D eigenvalue weighted by Crippen LogP contribution is 2.21. The molecular formula is C15H18N2O2S. The van der Waals surface area contributed by atoms with Crippen LogP contribution in [0.1, 0.15) is 23.5 Å². The van der Waals surface area contributed by atoms with Crippen LogP contribution in [0.25, 0.3) is 0 Å². The highest BCUT2D eigenvalue weighted by Gasteiger charge is 2.20. The second-order valence-corrected chi connectivity index (χ2v) is 5.79. The Bertz CT molecular complexity index is 549. The van der Waals surface area contributed by atoms with E-state index in [0.29, 0.717) is 6.61 Å². The average molecular weight is 290 g/mol. The third kappa shape index (κ3) is 3.71. The van der Waals surface area contributed by atoms with Crippen LogP contribution >= 0.6 is 11.3 Å². The number of ether oxygens (including phenoxy) is 2. The zero-order valence-electron chi connectivity index (χ0n) is 11.5. The maximum atomic E-state index is 5.71. The van der Waals surface area contributed by atoms with Crippen molar-refractivity contribution in [3.05, 3.63) is 40.3 Å². The number of benzene rings is 1. The molecule has 0 aliphatic heterocycles. The van der Waals surface area contributed by atoms with Gasteiger partial charge in [0.15, 0.2) is 0 Å². The fourth-order valence-corrected chi connectivity index (χ4v) is 2.57. The normalized spacial score (nSPS) is 14.2. The van der Waals surface area contributed by atoms with Gasteiger partial charge in [-0.1, -0.05) is 0 Å². The lowest BCUT2D eigenvalue weighted by Gasteiger charge is -2.05. The van der Waals surface area contributed by atoms with E-state index in [1.807, 2.05) is 24.3 Å². The van der Waals surface area contributed by atoms with E-state index in [-0.39, 0.29) is 0 Å². The molecule has 1 fully saturated rings. The van der Waals surface area contributed by atoms with E-state index in [9.17, 15) is 0 Å². The molecule has 1 heterocycles. The van der Waals surface area contributed by atoms with E-state index in [4.69, 9.17) is 9.47 Å². The van der Waals surface area contributed by atoms with Crippen molar-refractivity contribution in [2.45, 2.75) is 32.0 Å². The van der Waals surface area contributed by atoms with E-state index in [2.05, 4.69) is 15.7 Å². The molecular weight excluding hydrogens is 272 g/mol. The van der Waals surface area contributed by atoms with Gasteiger partial charge in [0.05, 0.1) is 12.8 Å². The Hall–Kier alpha value is -1.59. The highest BCUT2D eigenvalue weighted by molar-refractivity contribution is 7.09. The second kappa shape index (κ2) is 6.24. The van der Waals surface area contributed by atoms with Crippen molar-refractivity contribution in [3.63, 3.8) is 0 Å². The topological polar surface area (TPSA) is 43.4 Å². The number of nitrogens with one attached hydrogen (secondary N) is 1. The molecule has 0 unspecified atom stereocenters. The first-order chi connectivity index (χ1) is 9.83. The van der Waals surface area contributed by atoms with Gasteiger partial charge < -0.3 is 14.8 Å². The lowest BCUT2D eigenvalue weighted by Crippen LogP contribution is -2.15. The number of thiazole rings is 1. The summed E-state index contributed by atoms with van der Waals surface area (Å²) in [5.41, 5.74) is 0.985. The predicted octanol–water partition coefficient (Wildman–Crippen LogP) is 2.98. The Morgan fingerprint density at radius 1 is 1.25 bits per heavy atom. The molecule has 1 aliphatic rings. The molecule has 1 aliphatic carbocycles. The summed E-state index contributed by atoms with van der Waals surface area (Å²) in [7, 11) is 1.66. The number of nitrogens with zero attached hydrogens (tertiary/aromatic N) is 1. The molecule has 1 saturated carbocycles. The second-order valence-electron chi connectivity index (χ2n) is 4.85. The molecule has 1 aromatic carbocycles. The van der Waals surface area contributed by atoms with Crippen molar-refractivity contribution in [2.24, 2.45) is 0 Å². The molecule has 4 nitrogen and oxygen atoms in total. The molecule has 0 radical (unpaired) electrons. The predicted molar refractivity (Wildman–Crippen MR) is 79.3 cm³/mol. The summed E-state index contributed by atoms with van der Waals surface area (Å²) >= 11 is 1.69. The fraction of sp³-hybridized carbons (Fsp3) is 0.400. The van der Waals surface area contributed by atoms with Crippen LogP contribution in [0.15, 0.2) is 29.6 Å². The molecule has 106 valence electrons. The first-order valence-electron chi connectivity index (χ1n) is 6.77. The minimum Gasteiger partial charge on any atom is -0.497 e. The number of hydrogen-bond acceptors (Lipinski definition) is 5. The number of aromatic nitrogens is 1. The third-order valence-corrected chi connectivity index (χ3v) is 4.06. The molecule has 1 N–H and O–H groups in total. The molecule has 0 saturated heterocycles. The van der Waals surface area contributed by atoms with Crippen molar-refractivity contribution in [1.29, 1.82) is 0 Å². The summed E-state index contributed by atoms with van der Waals surface area (Å²) < 4.78 is 10.8. The Labute approximate surface area is 122 Å². The molecule has 0 amide bonds. The first-order valence-corrected chi connectivity index (χ1v) is 7.65. The highest BCUT2D eigenvalue weighted by atomic mass is 32.1. The van der Waals surface area contributed by atoms with Gasteiger partial charge in [0.25, 0.3) is 0 Å². The molecule has 0 bridgehead atoms. The summed E-state index contributed by atoms with van der Waals surface area (Å²) in [4.78, 5) is 4.57. The Kier molecular flexibility index (Phi) is 4.18. The Morgan fingerprint density at radius 2 is 2.00 bits per heavy atom. The number of methoxy groups -OCH3 is 1. The van der Waals surface area contributed by atoms with Gasteiger partial charge in [0.1, 0.15) is 23.1 Å². The average Bonchev–Trinajstić information content (AvgIpc) is 3.22. The summed E-state index contributed by atoms with van der Waals surface area (Å²) in [6.07, 6.45) is 2.61. The van der Waals surface area contributed by atoms with Crippen LogP contribution in [0.3, 0.4) is 0 Å². The number of hydrogen-bond donors (Lipinski definition) is 1.